The van der Waals surface area contributed by atoms with Crippen LogP contribution in [0.25, 0.3) is 0 Å². The van der Waals surface area contributed by atoms with Gasteiger partial charge in [-0.2, -0.15) is 0 Å². The van der Waals surface area contributed by atoms with Crippen LogP contribution in [0.1, 0.15) is 15.9 Å². The highest BCUT2D eigenvalue weighted by Crippen LogP contribution is 2.24. The van der Waals surface area contributed by atoms with E-state index in [0.717, 1.165) is 5.56 Å². The SMILES string of the molecule is Cc1ccc(Cl)cc1C(=O)N1C[C@H]2COC[C@@H]1CN(CC(=O)O)C2. The van der Waals surface area contributed by atoms with Crippen LogP contribution in [0.3, 0.4) is 0 Å². The first kappa shape index (κ1) is 17.2. The molecule has 130 valence electrons. The number of aryl methyl sites for hydroxylation is 1. The molecular formula is C17H21ClN2O4. The molecular weight excluding hydrogens is 332 g/mol. The van der Waals surface area contributed by atoms with Crippen molar-refractivity contribution in [3.63, 3.8) is 0 Å². The molecule has 2 atom stereocenters. The lowest BCUT2D eigenvalue weighted by molar-refractivity contribution is -0.138. The monoisotopic (exact) mass is 352 g/mol. The van der Waals surface area contributed by atoms with Gasteiger partial charge in [-0.3, -0.25) is 14.5 Å². The first-order chi connectivity index (χ1) is 11.4. The highest BCUT2D eigenvalue weighted by Gasteiger charge is 2.36. The Bertz CT molecular complexity index is 651. The summed E-state index contributed by atoms with van der Waals surface area (Å²) in [6.07, 6.45) is 0. The van der Waals surface area contributed by atoms with E-state index in [-0.39, 0.29) is 24.4 Å². The molecule has 0 radical (unpaired) electrons. The number of amides is 1. The summed E-state index contributed by atoms with van der Waals surface area (Å²) in [5, 5.41) is 9.61. The molecule has 0 unspecified atom stereocenters. The van der Waals surface area contributed by atoms with Gasteiger partial charge in [0.15, 0.2) is 0 Å². The van der Waals surface area contributed by atoms with Crippen molar-refractivity contribution in [1.82, 2.24) is 9.80 Å². The second-order valence-electron chi connectivity index (χ2n) is 6.56. The van der Waals surface area contributed by atoms with Crippen molar-refractivity contribution >= 4 is 23.5 Å². The summed E-state index contributed by atoms with van der Waals surface area (Å²) >= 11 is 6.05. The van der Waals surface area contributed by atoms with E-state index in [9.17, 15) is 9.59 Å². The molecule has 1 N–H and O–H groups in total. The minimum absolute atomic E-state index is 0.00871. The topological polar surface area (TPSA) is 70.1 Å². The molecule has 0 spiro atoms. The second kappa shape index (κ2) is 7.09. The zero-order valence-electron chi connectivity index (χ0n) is 13.6. The molecule has 3 rings (SSSR count). The molecule has 1 amide bonds. The van der Waals surface area contributed by atoms with Gasteiger partial charge in [-0.05, 0) is 24.6 Å². The van der Waals surface area contributed by atoms with Crippen molar-refractivity contribution in [2.24, 2.45) is 5.92 Å². The summed E-state index contributed by atoms with van der Waals surface area (Å²) in [5.41, 5.74) is 1.48. The minimum Gasteiger partial charge on any atom is -0.480 e. The lowest BCUT2D eigenvalue weighted by atomic mass is 10.1. The Kier molecular flexibility index (Phi) is 5.08. The van der Waals surface area contributed by atoms with Crippen LogP contribution >= 0.6 is 11.6 Å². The average molecular weight is 353 g/mol. The fraction of sp³-hybridized carbons (Fsp3) is 0.529. The van der Waals surface area contributed by atoms with Crippen molar-refractivity contribution in [2.75, 3.05) is 39.4 Å². The fourth-order valence-electron chi connectivity index (χ4n) is 3.49. The number of benzene rings is 1. The predicted octanol–water partition coefficient (Wildman–Crippen LogP) is 1.51. The normalized spacial score (nSPS) is 24.5. The van der Waals surface area contributed by atoms with Gasteiger partial charge in [0.25, 0.3) is 5.91 Å². The van der Waals surface area contributed by atoms with E-state index in [2.05, 4.69) is 0 Å². The molecule has 2 fully saturated rings. The van der Waals surface area contributed by atoms with Gasteiger partial charge >= 0.3 is 5.97 Å². The number of aliphatic carboxylic acids is 1. The van der Waals surface area contributed by atoms with Crippen molar-refractivity contribution < 1.29 is 19.4 Å². The van der Waals surface area contributed by atoms with Crippen molar-refractivity contribution in [3.8, 4) is 0 Å². The molecule has 0 aromatic heterocycles. The molecule has 6 nitrogen and oxygen atoms in total. The zero-order chi connectivity index (χ0) is 17.3. The van der Waals surface area contributed by atoms with Crippen LogP contribution in [0.5, 0.6) is 0 Å². The molecule has 0 aliphatic carbocycles. The summed E-state index contributed by atoms with van der Waals surface area (Å²) in [5.74, 6) is -0.799. The Balaban J connectivity index is 1.86. The van der Waals surface area contributed by atoms with Gasteiger partial charge in [0, 0.05) is 36.1 Å². The lowest BCUT2D eigenvalue weighted by Crippen LogP contribution is -2.47. The summed E-state index contributed by atoms with van der Waals surface area (Å²) < 4.78 is 5.69. The van der Waals surface area contributed by atoms with Gasteiger partial charge in [-0.25, -0.2) is 0 Å². The molecule has 0 saturated carbocycles. The Morgan fingerprint density at radius 1 is 1.29 bits per heavy atom. The number of halogens is 1. The summed E-state index contributed by atoms with van der Waals surface area (Å²) in [6, 6.07) is 5.16. The highest BCUT2D eigenvalue weighted by molar-refractivity contribution is 6.31. The van der Waals surface area contributed by atoms with Gasteiger partial charge in [-0.15, -0.1) is 0 Å². The van der Waals surface area contributed by atoms with E-state index < -0.39 is 5.97 Å². The van der Waals surface area contributed by atoms with E-state index in [1.54, 1.807) is 12.1 Å². The van der Waals surface area contributed by atoms with E-state index >= 15 is 0 Å². The largest absolute Gasteiger partial charge is 0.480 e. The van der Waals surface area contributed by atoms with Crippen LogP contribution in [0.4, 0.5) is 0 Å². The van der Waals surface area contributed by atoms with Gasteiger partial charge in [-0.1, -0.05) is 17.7 Å². The van der Waals surface area contributed by atoms with Gasteiger partial charge in [0.05, 0.1) is 25.8 Å². The summed E-state index contributed by atoms with van der Waals surface area (Å²) in [6.45, 7) is 4.57. The maximum atomic E-state index is 13.1. The molecule has 1 aromatic rings. The quantitative estimate of drug-likeness (QED) is 0.892. The third-order valence-corrected chi connectivity index (χ3v) is 4.83. The standard InChI is InChI=1S/C17H21ClN2O4/c1-11-2-3-13(18)4-15(11)17(23)20-6-12-5-19(8-16(21)22)7-14(20)10-24-9-12/h2-4,12,14H,5-10H2,1H3,(H,21,22)/t12-,14-/m0/s1. The van der Waals surface area contributed by atoms with Crippen molar-refractivity contribution in [3.05, 3.63) is 34.3 Å². The van der Waals surface area contributed by atoms with Crippen LogP contribution in [-0.4, -0.2) is 72.2 Å². The number of ether oxygens (including phenoxy) is 1. The number of fused-ring (bicyclic) bond motifs is 3. The van der Waals surface area contributed by atoms with Crippen molar-refractivity contribution in [1.29, 1.82) is 0 Å². The van der Waals surface area contributed by atoms with Crippen LogP contribution in [-0.2, 0) is 9.53 Å². The third kappa shape index (κ3) is 3.71. The number of nitrogens with zero attached hydrogens (tertiary/aromatic N) is 2. The van der Waals surface area contributed by atoms with E-state index in [4.69, 9.17) is 21.4 Å². The highest BCUT2D eigenvalue weighted by atomic mass is 35.5. The smallest absolute Gasteiger partial charge is 0.317 e. The molecule has 1 aromatic carbocycles. The third-order valence-electron chi connectivity index (χ3n) is 4.59. The number of hydrogen-bond acceptors (Lipinski definition) is 4. The van der Waals surface area contributed by atoms with Gasteiger partial charge < -0.3 is 14.7 Å². The molecule has 2 aliphatic rings. The van der Waals surface area contributed by atoms with Gasteiger partial charge in [0.1, 0.15) is 0 Å². The number of carbonyl (C=O) groups excluding carboxylic acids is 1. The molecule has 2 bridgehead atoms. The Labute approximate surface area is 145 Å². The number of carbonyl (C=O) groups is 2. The van der Waals surface area contributed by atoms with Gasteiger partial charge in [0.2, 0.25) is 0 Å². The number of rotatable bonds is 3. The Morgan fingerprint density at radius 2 is 2.08 bits per heavy atom. The Morgan fingerprint density at radius 3 is 2.83 bits per heavy atom. The second-order valence-corrected chi connectivity index (χ2v) is 7.00. The molecule has 7 heteroatoms. The summed E-state index contributed by atoms with van der Waals surface area (Å²) in [4.78, 5) is 27.9. The molecule has 24 heavy (non-hydrogen) atoms. The van der Waals surface area contributed by atoms with E-state index in [0.29, 0.717) is 43.4 Å². The van der Waals surface area contributed by atoms with Crippen LogP contribution in [0.15, 0.2) is 18.2 Å². The zero-order valence-corrected chi connectivity index (χ0v) is 14.3. The average Bonchev–Trinajstić information content (AvgIpc) is 2.79. The number of carboxylic acids is 1. The summed E-state index contributed by atoms with van der Waals surface area (Å²) in [7, 11) is 0. The van der Waals surface area contributed by atoms with E-state index in [1.807, 2.05) is 22.8 Å². The molecule has 2 aliphatic heterocycles. The maximum Gasteiger partial charge on any atom is 0.317 e. The maximum absolute atomic E-state index is 13.1. The Hall–Kier alpha value is -1.63. The van der Waals surface area contributed by atoms with Crippen LogP contribution in [0, 0.1) is 12.8 Å². The van der Waals surface area contributed by atoms with Crippen LogP contribution < -0.4 is 0 Å². The predicted molar refractivity (Wildman–Crippen MR) is 89.4 cm³/mol. The number of hydrogen-bond donors (Lipinski definition) is 1. The molecule has 2 saturated heterocycles. The molecule has 2 heterocycles. The minimum atomic E-state index is -0.848. The fourth-order valence-corrected chi connectivity index (χ4v) is 3.66. The number of carboxylic acid groups (broad SMARTS) is 1. The van der Waals surface area contributed by atoms with Crippen molar-refractivity contribution in [2.45, 2.75) is 13.0 Å². The van der Waals surface area contributed by atoms with E-state index in [1.165, 1.54) is 0 Å². The lowest BCUT2D eigenvalue weighted by Gasteiger charge is -2.31. The first-order valence-electron chi connectivity index (χ1n) is 8.03. The van der Waals surface area contributed by atoms with Crippen LogP contribution in [0.2, 0.25) is 5.02 Å². The first-order valence-corrected chi connectivity index (χ1v) is 8.41.